The third-order valence-electron chi connectivity index (χ3n) is 1.20. The lowest BCUT2D eigenvalue weighted by molar-refractivity contribution is 0.221. The van der Waals surface area contributed by atoms with E-state index in [0.717, 1.165) is 0 Å². The van der Waals surface area contributed by atoms with Crippen LogP contribution in [0.25, 0.3) is 0 Å². The molecule has 0 heterocycles. The van der Waals surface area contributed by atoms with Gasteiger partial charge in [-0.05, 0) is 36.4 Å². The van der Waals surface area contributed by atoms with Crippen LogP contribution in [0.5, 0.6) is 0 Å². The van der Waals surface area contributed by atoms with Crippen molar-refractivity contribution in [2.45, 2.75) is 16.9 Å². The van der Waals surface area contributed by atoms with Crippen molar-refractivity contribution < 1.29 is 19.8 Å². The van der Waals surface area contributed by atoms with Gasteiger partial charge in [-0.25, -0.2) is 9.59 Å². The van der Waals surface area contributed by atoms with Crippen molar-refractivity contribution in [3.05, 3.63) is 0 Å². The maximum Gasteiger partial charge on any atom is 0.366 e. The standard InChI is InChI=1S/C5H6O4S2/c6-3(7)10-5(1-2-5)11-4(8)9/h1-2H2,(H,6,7)(H,8,9). The van der Waals surface area contributed by atoms with Gasteiger partial charge in [-0.2, -0.15) is 0 Å². The smallest absolute Gasteiger partial charge is 0.366 e. The zero-order chi connectivity index (χ0) is 8.48. The Morgan fingerprint density at radius 3 is 1.64 bits per heavy atom. The van der Waals surface area contributed by atoms with Gasteiger partial charge in [0.25, 0.3) is 0 Å². The van der Waals surface area contributed by atoms with E-state index in [2.05, 4.69) is 0 Å². The monoisotopic (exact) mass is 194 g/mol. The number of carbonyl (C=O) groups is 2. The minimum absolute atomic E-state index is 0.572. The predicted molar refractivity (Wildman–Crippen MR) is 43.2 cm³/mol. The molecule has 1 saturated carbocycles. The Morgan fingerprint density at radius 1 is 1.09 bits per heavy atom. The average Bonchev–Trinajstić information content (AvgIpc) is 2.43. The van der Waals surface area contributed by atoms with E-state index in [1.807, 2.05) is 0 Å². The van der Waals surface area contributed by atoms with Crippen LogP contribution in [0.1, 0.15) is 12.8 Å². The molecule has 62 valence electrons. The molecule has 0 aromatic carbocycles. The Balaban J connectivity index is 2.41. The molecule has 0 aromatic rings. The molecular formula is C5H6O4S2. The summed E-state index contributed by atoms with van der Waals surface area (Å²) in [6.45, 7) is 0. The molecule has 0 amide bonds. The van der Waals surface area contributed by atoms with Crippen molar-refractivity contribution in [2.75, 3.05) is 0 Å². The first-order chi connectivity index (χ1) is 5.04. The highest BCUT2D eigenvalue weighted by Gasteiger charge is 2.48. The number of hydrogen-bond donors (Lipinski definition) is 2. The van der Waals surface area contributed by atoms with Crippen LogP contribution in [0.2, 0.25) is 0 Å². The lowest BCUT2D eigenvalue weighted by Gasteiger charge is -2.05. The molecule has 0 bridgehead atoms. The molecule has 0 aromatic heterocycles. The molecule has 0 spiro atoms. The van der Waals surface area contributed by atoms with E-state index in [-0.39, 0.29) is 0 Å². The second kappa shape index (κ2) is 2.94. The number of rotatable bonds is 2. The Labute approximate surface area is 71.4 Å². The molecule has 6 heteroatoms. The zero-order valence-corrected chi connectivity index (χ0v) is 7.07. The fourth-order valence-corrected chi connectivity index (χ4v) is 2.49. The van der Waals surface area contributed by atoms with Crippen LogP contribution in [-0.2, 0) is 0 Å². The van der Waals surface area contributed by atoms with Gasteiger partial charge in [0.15, 0.2) is 0 Å². The van der Waals surface area contributed by atoms with Crippen LogP contribution in [-0.4, -0.2) is 24.9 Å². The van der Waals surface area contributed by atoms with E-state index >= 15 is 0 Å². The van der Waals surface area contributed by atoms with E-state index in [1.165, 1.54) is 0 Å². The van der Waals surface area contributed by atoms with Crippen LogP contribution in [0, 0.1) is 0 Å². The van der Waals surface area contributed by atoms with Gasteiger partial charge in [0.05, 0.1) is 4.08 Å². The summed E-state index contributed by atoms with van der Waals surface area (Å²) < 4.78 is -0.572. The quantitative estimate of drug-likeness (QED) is 0.657. The van der Waals surface area contributed by atoms with Gasteiger partial charge >= 0.3 is 10.6 Å². The molecule has 2 N–H and O–H groups in total. The molecular weight excluding hydrogens is 188 g/mol. The maximum atomic E-state index is 10.2. The van der Waals surface area contributed by atoms with Crippen molar-refractivity contribution in [3.63, 3.8) is 0 Å². The largest absolute Gasteiger partial charge is 0.473 e. The number of thioether (sulfide) groups is 2. The van der Waals surface area contributed by atoms with Crippen LogP contribution in [0.3, 0.4) is 0 Å². The topological polar surface area (TPSA) is 74.6 Å². The normalized spacial score (nSPS) is 19.3. The molecule has 1 fully saturated rings. The Hall–Kier alpha value is -0.360. The molecule has 0 unspecified atom stereocenters. The SMILES string of the molecule is O=C(O)SC1(SC(=O)O)CC1. The molecule has 0 atom stereocenters. The summed E-state index contributed by atoms with van der Waals surface area (Å²) in [5.41, 5.74) is 0. The number of hydrogen-bond acceptors (Lipinski definition) is 4. The summed E-state index contributed by atoms with van der Waals surface area (Å²) in [7, 11) is 0. The summed E-state index contributed by atoms with van der Waals surface area (Å²) in [6, 6.07) is 0. The van der Waals surface area contributed by atoms with Crippen LogP contribution >= 0.6 is 23.5 Å². The van der Waals surface area contributed by atoms with Crippen molar-refractivity contribution >= 4 is 34.1 Å². The summed E-state index contributed by atoms with van der Waals surface area (Å²) in [5, 5.41) is 14.7. The highest BCUT2D eigenvalue weighted by atomic mass is 32.2. The minimum Gasteiger partial charge on any atom is -0.473 e. The van der Waals surface area contributed by atoms with Gasteiger partial charge in [0.1, 0.15) is 0 Å². The van der Waals surface area contributed by atoms with Crippen LogP contribution < -0.4 is 0 Å². The van der Waals surface area contributed by atoms with E-state index in [4.69, 9.17) is 10.2 Å². The second-order valence-corrected chi connectivity index (χ2v) is 5.07. The van der Waals surface area contributed by atoms with Gasteiger partial charge in [-0.1, -0.05) is 0 Å². The molecule has 1 rings (SSSR count). The fourth-order valence-electron chi connectivity index (χ4n) is 0.645. The highest BCUT2D eigenvalue weighted by Crippen LogP contribution is 2.57. The zero-order valence-electron chi connectivity index (χ0n) is 5.44. The summed E-state index contributed by atoms with van der Waals surface area (Å²) >= 11 is 1.39. The molecule has 11 heavy (non-hydrogen) atoms. The molecule has 0 saturated heterocycles. The van der Waals surface area contributed by atoms with Gasteiger partial charge < -0.3 is 10.2 Å². The molecule has 1 aliphatic carbocycles. The van der Waals surface area contributed by atoms with Crippen molar-refractivity contribution in [3.8, 4) is 0 Å². The van der Waals surface area contributed by atoms with Gasteiger partial charge in [0, 0.05) is 0 Å². The number of carboxylic acid groups (broad SMARTS) is 2. The average molecular weight is 194 g/mol. The fraction of sp³-hybridized carbons (Fsp3) is 0.600. The van der Waals surface area contributed by atoms with Crippen molar-refractivity contribution in [1.82, 2.24) is 0 Å². The molecule has 4 nitrogen and oxygen atoms in total. The van der Waals surface area contributed by atoms with E-state index in [0.29, 0.717) is 36.4 Å². The van der Waals surface area contributed by atoms with E-state index < -0.39 is 14.7 Å². The van der Waals surface area contributed by atoms with E-state index in [9.17, 15) is 9.59 Å². The summed E-state index contributed by atoms with van der Waals surface area (Å²) in [4.78, 5) is 20.4. The van der Waals surface area contributed by atoms with Crippen molar-refractivity contribution in [1.29, 1.82) is 0 Å². The highest BCUT2D eigenvalue weighted by molar-refractivity contribution is 8.30. The summed E-state index contributed by atoms with van der Waals surface area (Å²) in [5.74, 6) is 0. The maximum absolute atomic E-state index is 10.2. The second-order valence-electron chi connectivity index (χ2n) is 2.15. The third-order valence-corrected chi connectivity index (χ3v) is 3.61. The Morgan fingerprint density at radius 2 is 1.45 bits per heavy atom. The van der Waals surface area contributed by atoms with E-state index in [1.54, 1.807) is 0 Å². The van der Waals surface area contributed by atoms with Gasteiger partial charge in [-0.3, -0.25) is 0 Å². The van der Waals surface area contributed by atoms with Crippen molar-refractivity contribution in [2.24, 2.45) is 0 Å². The first-order valence-corrected chi connectivity index (χ1v) is 4.51. The first kappa shape index (κ1) is 8.73. The lowest BCUT2D eigenvalue weighted by atomic mass is 10.9. The van der Waals surface area contributed by atoms with Gasteiger partial charge in [-0.15, -0.1) is 0 Å². The molecule has 0 aliphatic heterocycles. The van der Waals surface area contributed by atoms with Crippen LogP contribution in [0.4, 0.5) is 9.59 Å². The molecule has 1 aliphatic rings. The Bertz CT molecular complexity index is 181. The summed E-state index contributed by atoms with van der Waals surface area (Å²) in [6.07, 6.45) is 1.34. The predicted octanol–water partition coefficient (Wildman–Crippen LogP) is 2.30. The first-order valence-electron chi connectivity index (χ1n) is 2.88. The Kier molecular flexibility index (Phi) is 2.34. The lowest BCUT2D eigenvalue weighted by Crippen LogP contribution is -2.03. The van der Waals surface area contributed by atoms with Gasteiger partial charge in [0.2, 0.25) is 0 Å². The third kappa shape index (κ3) is 2.63. The van der Waals surface area contributed by atoms with Crippen LogP contribution in [0.15, 0.2) is 0 Å². The minimum atomic E-state index is -1.00. The molecule has 0 radical (unpaired) electrons.